The van der Waals surface area contributed by atoms with Gasteiger partial charge >= 0.3 is 10.2 Å². The van der Waals surface area contributed by atoms with Gasteiger partial charge in [-0.2, -0.15) is 12.7 Å². The topological polar surface area (TPSA) is 171 Å². The van der Waals surface area contributed by atoms with E-state index in [1.807, 2.05) is 6.92 Å². The summed E-state index contributed by atoms with van der Waals surface area (Å²) < 4.78 is 29.3. The third kappa shape index (κ3) is 5.69. The fourth-order valence-electron chi connectivity index (χ4n) is 10.0. The molecule has 0 radical (unpaired) electrons. The fourth-order valence-corrected chi connectivity index (χ4v) is 11.2. The van der Waals surface area contributed by atoms with Gasteiger partial charge in [-0.3, -0.25) is 19.2 Å². The summed E-state index contributed by atoms with van der Waals surface area (Å²) in [5, 5.41) is 5.85. The Labute approximate surface area is 286 Å². The summed E-state index contributed by atoms with van der Waals surface area (Å²) in [6.45, 7) is 16.2. The number of likely N-dealkylation sites (tertiary alicyclic amines) is 1. The Morgan fingerprint density at radius 2 is 1.60 bits per heavy atom. The van der Waals surface area contributed by atoms with Crippen molar-refractivity contribution in [1.29, 1.82) is 0 Å². The summed E-state index contributed by atoms with van der Waals surface area (Å²) in [6.07, 6.45) is 9.39. The van der Waals surface area contributed by atoms with Crippen molar-refractivity contribution in [3.05, 3.63) is 12.2 Å². The van der Waals surface area contributed by atoms with Crippen LogP contribution in [0.15, 0.2) is 12.2 Å². The predicted molar refractivity (Wildman–Crippen MR) is 183 cm³/mol. The normalized spacial score (nSPS) is 31.5. The third-order valence-corrected chi connectivity index (χ3v) is 15.1. The Morgan fingerprint density at radius 3 is 2.08 bits per heavy atom. The Balaban J connectivity index is 1.40. The highest BCUT2D eigenvalue weighted by molar-refractivity contribution is 7.87. The van der Waals surface area contributed by atoms with Crippen molar-refractivity contribution < 1.29 is 27.6 Å². The van der Waals surface area contributed by atoms with Crippen LogP contribution in [0.5, 0.6) is 0 Å². The van der Waals surface area contributed by atoms with Gasteiger partial charge in [0.05, 0.1) is 6.04 Å². The van der Waals surface area contributed by atoms with E-state index in [0.717, 1.165) is 55.7 Å². The monoisotopic (exact) mass is 690 g/mol. The van der Waals surface area contributed by atoms with Gasteiger partial charge in [0.15, 0.2) is 0 Å². The van der Waals surface area contributed by atoms with Crippen LogP contribution in [-0.4, -0.2) is 84.6 Å². The molecule has 0 bridgehead atoms. The van der Waals surface area contributed by atoms with Crippen LogP contribution in [0.1, 0.15) is 112 Å². The van der Waals surface area contributed by atoms with Gasteiger partial charge in [0.25, 0.3) is 5.91 Å². The summed E-state index contributed by atoms with van der Waals surface area (Å²) in [5.74, 6) is -2.23. The highest BCUT2D eigenvalue weighted by atomic mass is 32.2. The zero-order valence-electron chi connectivity index (χ0n) is 29.8. The molecule has 13 heteroatoms. The quantitative estimate of drug-likeness (QED) is 0.215. The Hall–Kier alpha value is -2.51. The van der Waals surface area contributed by atoms with E-state index in [9.17, 15) is 27.6 Å². The number of nitrogens with zero attached hydrogens (tertiary/aromatic N) is 2. The van der Waals surface area contributed by atoms with E-state index >= 15 is 0 Å². The predicted octanol–water partition coefficient (Wildman–Crippen LogP) is 2.74. The first kappa shape index (κ1) is 36.8. The van der Waals surface area contributed by atoms with Gasteiger partial charge in [-0.05, 0) is 73.7 Å². The fraction of sp³-hybridized carbons (Fsp3) is 0.829. The molecule has 48 heavy (non-hydrogen) atoms. The molecule has 5 rings (SSSR count). The van der Waals surface area contributed by atoms with Crippen LogP contribution in [0.4, 0.5) is 0 Å². The first-order chi connectivity index (χ1) is 22.5. The summed E-state index contributed by atoms with van der Waals surface area (Å²) in [5.41, 5.74) is 5.11. The second-order valence-corrected chi connectivity index (χ2v) is 17.5. The zero-order chi connectivity index (χ0) is 35.4. The Kier molecular flexibility index (Phi) is 9.95. The van der Waals surface area contributed by atoms with Crippen LogP contribution < -0.4 is 21.1 Å². The molecule has 0 aromatic rings. The first-order valence-electron chi connectivity index (χ1n) is 18.1. The molecule has 1 saturated heterocycles. The minimum Gasteiger partial charge on any atom is -0.340 e. The van der Waals surface area contributed by atoms with Crippen molar-refractivity contribution in [2.24, 2.45) is 33.8 Å². The van der Waals surface area contributed by atoms with Crippen molar-refractivity contribution in [2.75, 3.05) is 19.6 Å². The van der Waals surface area contributed by atoms with Gasteiger partial charge in [0, 0.05) is 25.0 Å². The van der Waals surface area contributed by atoms with Gasteiger partial charge in [0.1, 0.15) is 17.6 Å². The number of rotatable bonds is 13. The van der Waals surface area contributed by atoms with E-state index in [1.54, 1.807) is 25.7 Å². The third-order valence-electron chi connectivity index (χ3n) is 13.5. The lowest BCUT2D eigenvalue weighted by molar-refractivity contribution is -0.142. The number of fused-ring (bicyclic) bond motifs is 1. The number of carbonyl (C=O) groups is 4. The summed E-state index contributed by atoms with van der Waals surface area (Å²) in [4.78, 5) is 57.6. The van der Waals surface area contributed by atoms with Crippen molar-refractivity contribution in [3.8, 4) is 0 Å². The highest BCUT2D eigenvalue weighted by Crippen LogP contribution is 2.88. The molecule has 5 N–H and O–H groups in total. The molecule has 6 atom stereocenters. The molecule has 12 nitrogen and oxygen atoms in total. The molecule has 1 aliphatic heterocycles. The van der Waals surface area contributed by atoms with Gasteiger partial charge in [0.2, 0.25) is 17.7 Å². The minimum atomic E-state index is -4.10. The average Bonchev–Trinajstić information content (AvgIpc) is 3.74. The van der Waals surface area contributed by atoms with E-state index in [0.29, 0.717) is 31.4 Å². The molecular weight excluding hydrogens is 632 g/mol. The van der Waals surface area contributed by atoms with Crippen LogP contribution in [0, 0.1) is 28.1 Å². The second kappa shape index (κ2) is 13.0. The molecule has 0 aromatic heterocycles. The van der Waals surface area contributed by atoms with Gasteiger partial charge in [-0.15, -0.1) is 0 Å². The standard InChI is InChI=1S/C35H58N6O6S/c1-8-24-19-35(24,31(45)39-48(46,47)40(9-2)10-3)38-28(42)25-20-34(32(6,7)33(34)17-14-18-33)21-41(25)30(44)27(22(4)5)37-29(43)26(36)23-15-12-11-13-16-23/h23-27H,4,8-21,36H2,1-3,5-7H3,(H,37,43)(H,38,42)(H,39,45)/t24-,25+,26+,27+,34-,35-/m1/s1. The minimum absolute atomic E-state index is 0.0251. The van der Waals surface area contributed by atoms with Gasteiger partial charge < -0.3 is 21.3 Å². The first-order valence-corrected chi connectivity index (χ1v) is 19.6. The molecule has 270 valence electrons. The lowest BCUT2D eigenvalue weighted by atomic mass is 9.73. The highest BCUT2D eigenvalue weighted by Gasteiger charge is 2.85. The van der Waals surface area contributed by atoms with E-state index in [2.05, 4.69) is 35.8 Å². The summed E-state index contributed by atoms with van der Waals surface area (Å²) >= 11 is 0. The molecule has 0 aromatic carbocycles. The molecule has 4 saturated carbocycles. The number of nitrogens with one attached hydrogen (secondary N) is 3. The van der Waals surface area contributed by atoms with Crippen molar-refractivity contribution in [3.63, 3.8) is 0 Å². The number of hydrogen-bond acceptors (Lipinski definition) is 7. The van der Waals surface area contributed by atoms with Crippen molar-refractivity contribution in [1.82, 2.24) is 24.6 Å². The molecule has 4 aliphatic carbocycles. The van der Waals surface area contributed by atoms with Crippen molar-refractivity contribution in [2.45, 2.75) is 136 Å². The molecular formula is C35H58N6O6S. The van der Waals surface area contributed by atoms with E-state index < -0.39 is 57.5 Å². The molecule has 5 aliphatic rings. The van der Waals surface area contributed by atoms with Crippen LogP contribution in [0.3, 0.4) is 0 Å². The van der Waals surface area contributed by atoms with E-state index in [4.69, 9.17) is 5.73 Å². The average molecular weight is 691 g/mol. The molecule has 1 heterocycles. The van der Waals surface area contributed by atoms with Crippen LogP contribution in [0.25, 0.3) is 0 Å². The summed E-state index contributed by atoms with van der Waals surface area (Å²) in [7, 11) is -4.10. The van der Waals surface area contributed by atoms with Crippen molar-refractivity contribution >= 4 is 33.8 Å². The van der Waals surface area contributed by atoms with Crippen LogP contribution in [-0.2, 0) is 29.4 Å². The largest absolute Gasteiger partial charge is 0.340 e. The lowest BCUT2D eigenvalue weighted by Crippen LogP contribution is -2.60. The SMILES string of the molecule is C=C(C)[C@H](NC(=O)[C@@H](N)C1CCCCC1)C(=O)N1C[C@]2(C[C@H]1C(=O)N[C@]1(C(=O)NS(=O)(=O)N(CC)CC)C[C@H]1CC)C(C)(C)C21CCC1. The smallest absolute Gasteiger partial charge is 0.303 e. The van der Waals surface area contributed by atoms with Crippen LogP contribution in [0.2, 0.25) is 0 Å². The number of amides is 4. The Morgan fingerprint density at radius 1 is 0.979 bits per heavy atom. The number of carbonyl (C=O) groups excluding carboxylic acids is 4. The number of nitrogens with two attached hydrogens (primary N) is 1. The molecule has 2 spiro atoms. The number of hydrogen-bond donors (Lipinski definition) is 4. The van der Waals surface area contributed by atoms with Gasteiger partial charge in [-0.25, -0.2) is 4.72 Å². The Bertz CT molecular complexity index is 1430. The van der Waals surface area contributed by atoms with Gasteiger partial charge in [-0.1, -0.05) is 73.3 Å². The maximum absolute atomic E-state index is 14.5. The van der Waals surface area contributed by atoms with E-state index in [-0.39, 0.29) is 41.2 Å². The molecule has 0 unspecified atom stereocenters. The second-order valence-electron chi connectivity index (χ2n) is 15.8. The van der Waals surface area contributed by atoms with Crippen LogP contribution >= 0.6 is 0 Å². The summed E-state index contributed by atoms with van der Waals surface area (Å²) in [6, 6.07) is -2.70. The van der Waals surface area contributed by atoms with E-state index in [1.165, 1.54) is 0 Å². The molecule has 5 fully saturated rings. The maximum Gasteiger partial charge on any atom is 0.303 e. The lowest BCUT2D eigenvalue weighted by Gasteiger charge is -2.33. The maximum atomic E-state index is 14.5. The zero-order valence-corrected chi connectivity index (χ0v) is 30.6. The molecule has 4 amide bonds.